The first-order valence-corrected chi connectivity index (χ1v) is 15.9. The molecule has 9 nitrogen and oxygen atoms in total. The lowest BCUT2D eigenvalue weighted by atomic mass is 9.83. The van der Waals surface area contributed by atoms with Gasteiger partial charge in [-0.1, -0.05) is 42.5 Å². The van der Waals surface area contributed by atoms with Gasteiger partial charge in [0.2, 0.25) is 0 Å². The van der Waals surface area contributed by atoms with Gasteiger partial charge in [0.15, 0.2) is 6.23 Å². The Kier molecular flexibility index (Phi) is 8.58. The fourth-order valence-electron chi connectivity index (χ4n) is 5.82. The molecule has 0 saturated carbocycles. The number of fused-ring (bicyclic) bond motifs is 1. The van der Waals surface area contributed by atoms with Crippen LogP contribution in [-0.2, 0) is 20.8 Å². The van der Waals surface area contributed by atoms with Crippen molar-refractivity contribution < 1.29 is 27.6 Å². The number of benzene rings is 3. The van der Waals surface area contributed by atoms with Gasteiger partial charge in [-0.15, -0.1) is 0 Å². The first-order chi connectivity index (χ1) is 20.0. The second-order valence-electron chi connectivity index (χ2n) is 11.1. The highest BCUT2D eigenvalue weighted by Crippen LogP contribution is 2.42. The highest BCUT2D eigenvalue weighted by atomic mass is 32.2. The van der Waals surface area contributed by atoms with E-state index in [1.807, 2.05) is 67.2 Å². The van der Waals surface area contributed by atoms with Crippen LogP contribution in [-0.4, -0.2) is 78.6 Å². The molecular weight excluding hydrogens is 554 g/mol. The summed E-state index contributed by atoms with van der Waals surface area (Å²) in [5.74, 6) is -0.477. The molecule has 1 atom stereocenters. The lowest BCUT2D eigenvalue weighted by molar-refractivity contribution is 0.00571. The third kappa shape index (κ3) is 6.30. The highest BCUT2D eigenvalue weighted by Gasteiger charge is 2.37. The van der Waals surface area contributed by atoms with Crippen molar-refractivity contribution in [3.05, 3.63) is 95.2 Å². The Balaban J connectivity index is 1.79. The van der Waals surface area contributed by atoms with Gasteiger partial charge in [0.05, 0.1) is 6.26 Å². The van der Waals surface area contributed by atoms with Gasteiger partial charge in [-0.3, -0.25) is 4.79 Å². The van der Waals surface area contributed by atoms with Gasteiger partial charge in [0.25, 0.3) is 16.0 Å². The minimum atomic E-state index is -3.80. The van der Waals surface area contributed by atoms with Crippen LogP contribution in [0.5, 0.6) is 11.5 Å². The molecule has 3 aromatic carbocycles. The first kappa shape index (κ1) is 29.6. The molecular formula is C32H37N3O6S. The van der Waals surface area contributed by atoms with Gasteiger partial charge in [-0.2, -0.15) is 8.42 Å². The second-order valence-corrected chi connectivity index (χ2v) is 12.7. The van der Waals surface area contributed by atoms with Crippen LogP contribution in [0, 0.1) is 0 Å². The summed E-state index contributed by atoms with van der Waals surface area (Å²) in [6.45, 7) is 1.57. The van der Waals surface area contributed by atoms with Crippen molar-refractivity contribution in [2.75, 3.05) is 33.4 Å². The van der Waals surface area contributed by atoms with E-state index >= 15 is 0 Å². The van der Waals surface area contributed by atoms with E-state index < -0.39 is 22.3 Å². The van der Waals surface area contributed by atoms with Crippen LogP contribution in [0.15, 0.2) is 72.8 Å². The summed E-state index contributed by atoms with van der Waals surface area (Å²) < 4.78 is 31.8. The SMILES string of the molecule is CN(C)CCn1c(C(=O)N2CCCCC2OS(C)(=O)=O)c(C(c2ccc(O)cc2)c2ccc(O)cc2)c2ccccc21. The van der Waals surface area contributed by atoms with Gasteiger partial charge in [-0.25, -0.2) is 4.18 Å². The van der Waals surface area contributed by atoms with Crippen LogP contribution in [0.2, 0.25) is 0 Å². The molecule has 1 saturated heterocycles. The number of para-hydroxylation sites is 1. The van der Waals surface area contributed by atoms with Crippen molar-refractivity contribution in [3.63, 3.8) is 0 Å². The minimum absolute atomic E-state index is 0.127. The Bertz CT molecular complexity index is 1620. The Morgan fingerprint density at radius 3 is 2.12 bits per heavy atom. The maximum absolute atomic E-state index is 14.8. The molecule has 1 aliphatic heterocycles. The van der Waals surface area contributed by atoms with Crippen molar-refractivity contribution in [1.29, 1.82) is 0 Å². The molecule has 0 bridgehead atoms. The van der Waals surface area contributed by atoms with E-state index in [0.29, 0.717) is 31.7 Å². The summed E-state index contributed by atoms with van der Waals surface area (Å²) in [4.78, 5) is 18.4. The number of aromatic nitrogens is 1. The fraction of sp³-hybridized carbons (Fsp3) is 0.344. The molecule has 0 spiro atoms. The minimum Gasteiger partial charge on any atom is -0.508 e. The number of likely N-dealkylation sites (tertiary alicyclic amines) is 1. The van der Waals surface area contributed by atoms with E-state index in [1.54, 1.807) is 29.2 Å². The summed E-state index contributed by atoms with van der Waals surface area (Å²) in [6, 6.07) is 21.7. The number of phenolic OH excluding ortho intramolecular Hbond substituents is 2. The third-order valence-electron chi connectivity index (χ3n) is 7.72. The fourth-order valence-corrected chi connectivity index (χ4v) is 6.42. The van der Waals surface area contributed by atoms with Crippen LogP contribution in [0.25, 0.3) is 10.9 Å². The first-order valence-electron chi connectivity index (χ1n) is 14.1. The maximum Gasteiger partial charge on any atom is 0.272 e. The predicted octanol–water partition coefficient (Wildman–Crippen LogP) is 4.72. The van der Waals surface area contributed by atoms with Gasteiger partial charge in [-0.05, 0) is 74.8 Å². The van der Waals surface area contributed by atoms with E-state index in [-0.39, 0.29) is 17.4 Å². The van der Waals surface area contributed by atoms with Gasteiger partial charge >= 0.3 is 0 Å². The van der Waals surface area contributed by atoms with Crippen LogP contribution in [0.3, 0.4) is 0 Å². The number of carbonyl (C=O) groups is 1. The van der Waals surface area contributed by atoms with Gasteiger partial charge in [0, 0.05) is 42.0 Å². The molecule has 2 N–H and O–H groups in total. The van der Waals surface area contributed by atoms with E-state index in [0.717, 1.165) is 46.7 Å². The zero-order chi connectivity index (χ0) is 30.0. The summed E-state index contributed by atoms with van der Waals surface area (Å²) in [5, 5.41) is 21.1. The average molecular weight is 592 g/mol. The van der Waals surface area contributed by atoms with Crippen LogP contribution >= 0.6 is 0 Å². The summed E-state index contributed by atoms with van der Waals surface area (Å²) in [5.41, 5.74) is 3.83. The van der Waals surface area contributed by atoms with Crippen LogP contribution in [0.1, 0.15) is 52.4 Å². The molecule has 1 aromatic heterocycles. The average Bonchev–Trinajstić information content (AvgIpc) is 3.27. The molecule has 1 amide bonds. The summed E-state index contributed by atoms with van der Waals surface area (Å²) in [6.07, 6.45) is 2.03. The molecule has 222 valence electrons. The van der Waals surface area contributed by atoms with Gasteiger partial charge in [0.1, 0.15) is 17.2 Å². The number of hydrogen-bond donors (Lipinski definition) is 2. The number of hydrogen-bond acceptors (Lipinski definition) is 7. The van der Waals surface area contributed by atoms with E-state index in [4.69, 9.17) is 4.18 Å². The molecule has 10 heteroatoms. The van der Waals surface area contributed by atoms with Crippen LogP contribution < -0.4 is 0 Å². The molecule has 0 aliphatic carbocycles. The molecule has 5 rings (SSSR count). The standard InChI is InChI=1S/C32H37N3O6S/c1-33(2)20-21-34-27-9-5-4-8-26(27)30(31(34)32(38)35-19-7-6-10-28(35)41-42(3,39)40)29(22-11-15-24(36)16-12-22)23-13-17-25(37)18-14-23/h4-5,8-9,11-18,28-29,36-37H,6-7,10,19-21H2,1-3H3. The van der Waals surface area contributed by atoms with Crippen molar-refractivity contribution >= 4 is 26.9 Å². The Morgan fingerprint density at radius 1 is 0.952 bits per heavy atom. The van der Waals surface area contributed by atoms with E-state index in [9.17, 15) is 23.4 Å². The largest absolute Gasteiger partial charge is 0.508 e. The number of phenols is 2. The van der Waals surface area contributed by atoms with Crippen molar-refractivity contribution in [2.24, 2.45) is 0 Å². The molecule has 1 unspecified atom stereocenters. The lowest BCUT2D eigenvalue weighted by Crippen LogP contribution is -2.47. The number of nitrogens with zero attached hydrogens (tertiary/aromatic N) is 3. The van der Waals surface area contributed by atoms with E-state index in [2.05, 4.69) is 4.90 Å². The Morgan fingerprint density at radius 2 is 1.55 bits per heavy atom. The highest BCUT2D eigenvalue weighted by molar-refractivity contribution is 7.86. The lowest BCUT2D eigenvalue weighted by Gasteiger charge is -2.35. The molecule has 1 aliphatic rings. The zero-order valence-electron chi connectivity index (χ0n) is 24.1. The quantitative estimate of drug-likeness (QED) is 0.271. The summed E-state index contributed by atoms with van der Waals surface area (Å²) in [7, 11) is 0.149. The topological polar surface area (TPSA) is 112 Å². The number of amides is 1. The third-order valence-corrected chi connectivity index (χ3v) is 8.29. The number of piperidine rings is 1. The normalized spacial score (nSPS) is 16.0. The number of rotatable bonds is 9. The Labute approximate surface area is 246 Å². The number of carbonyl (C=O) groups excluding carboxylic acids is 1. The summed E-state index contributed by atoms with van der Waals surface area (Å²) >= 11 is 0. The number of aromatic hydroxyl groups is 2. The predicted molar refractivity (Wildman–Crippen MR) is 162 cm³/mol. The van der Waals surface area contributed by atoms with Gasteiger partial charge < -0.3 is 24.6 Å². The molecule has 0 radical (unpaired) electrons. The van der Waals surface area contributed by atoms with E-state index in [1.165, 1.54) is 0 Å². The number of likely N-dealkylation sites (N-methyl/N-ethyl adjacent to an activating group) is 1. The zero-order valence-corrected chi connectivity index (χ0v) is 24.9. The molecule has 1 fully saturated rings. The van der Waals surface area contributed by atoms with Crippen molar-refractivity contribution in [1.82, 2.24) is 14.4 Å². The van der Waals surface area contributed by atoms with Crippen molar-refractivity contribution in [2.45, 2.75) is 38.0 Å². The maximum atomic E-state index is 14.8. The van der Waals surface area contributed by atoms with Crippen molar-refractivity contribution in [3.8, 4) is 11.5 Å². The monoisotopic (exact) mass is 591 g/mol. The Hall–Kier alpha value is -3.86. The molecule has 4 aromatic rings. The van der Waals surface area contributed by atoms with Crippen LogP contribution in [0.4, 0.5) is 0 Å². The molecule has 2 heterocycles. The molecule has 42 heavy (non-hydrogen) atoms. The second kappa shape index (κ2) is 12.2. The smallest absolute Gasteiger partial charge is 0.272 e.